The van der Waals surface area contributed by atoms with Crippen LogP contribution >= 0.6 is 0 Å². The minimum Gasteiger partial charge on any atom is -0.476 e. The normalized spacial score (nSPS) is 15.4. The molecule has 3 aromatic rings. The summed E-state index contributed by atoms with van der Waals surface area (Å²) in [7, 11) is 1.63. The Kier molecular flexibility index (Phi) is 4.69. The molecule has 2 aromatic heterocycles. The zero-order valence-corrected chi connectivity index (χ0v) is 16.9. The molecule has 10 nitrogen and oxygen atoms in total. The Morgan fingerprint density at radius 2 is 1.77 bits per heavy atom. The number of carbonyl (C=O) groups is 3. The Labute approximate surface area is 176 Å². The predicted molar refractivity (Wildman–Crippen MR) is 109 cm³/mol. The maximum absolute atomic E-state index is 12.0. The number of aromatic carboxylic acids is 1. The van der Waals surface area contributed by atoms with Gasteiger partial charge in [-0.2, -0.15) is 5.10 Å². The van der Waals surface area contributed by atoms with E-state index >= 15 is 0 Å². The van der Waals surface area contributed by atoms with Crippen LogP contribution in [0.1, 0.15) is 24.3 Å². The van der Waals surface area contributed by atoms with E-state index in [9.17, 15) is 19.5 Å². The van der Waals surface area contributed by atoms with E-state index < -0.39 is 23.7 Å². The summed E-state index contributed by atoms with van der Waals surface area (Å²) < 4.78 is 11.5. The minimum absolute atomic E-state index is 0.0789. The lowest BCUT2D eigenvalue weighted by Gasteiger charge is -2.29. The highest BCUT2D eigenvalue weighted by molar-refractivity contribution is 6.15. The second kappa shape index (κ2) is 7.24. The number of benzene rings is 1. The maximum atomic E-state index is 12.0. The molecule has 10 heteroatoms. The van der Waals surface area contributed by atoms with Crippen LogP contribution in [0.5, 0.6) is 0 Å². The van der Waals surface area contributed by atoms with E-state index in [1.807, 2.05) is 0 Å². The molecule has 0 spiro atoms. The van der Waals surface area contributed by atoms with Gasteiger partial charge in [-0.3, -0.25) is 0 Å². The van der Waals surface area contributed by atoms with Gasteiger partial charge in [0.2, 0.25) is 0 Å². The minimum atomic E-state index is -1.30. The van der Waals surface area contributed by atoms with Gasteiger partial charge < -0.3 is 19.9 Å². The molecule has 1 fully saturated rings. The zero-order chi connectivity index (χ0) is 22.3. The number of carboxylic acids is 1. The molecule has 0 atom stereocenters. The van der Waals surface area contributed by atoms with Gasteiger partial charge in [-0.25, -0.2) is 24.0 Å². The molecule has 1 saturated heterocycles. The summed E-state index contributed by atoms with van der Waals surface area (Å²) in [6.07, 6.45) is 2.81. The van der Waals surface area contributed by atoms with Crippen LogP contribution in [0.15, 0.2) is 48.3 Å². The number of cyclic esters (lactones) is 2. The average molecular weight is 422 g/mol. The van der Waals surface area contributed by atoms with Crippen molar-refractivity contribution in [2.75, 3.05) is 5.32 Å². The first-order valence-electron chi connectivity index (χ1n) is 9.25. The van der Waals surface area contributed by atoms with Crippen LogP contribution in [-0.4, -0.2) is 43.6 Å². The highest BCUT2D eigenvalue weighted by Gasteiger charge is 2.38. The van der Waals surface area contributed by atoms with Crippen LogP contribution in [0.2, 0.25) is 0 Å². The fourth-order valence-corrected chi connectivity index (χ4v) is 3.25. The molecule has 3 heterocycles. The van der Waals surface area contributed by atoms with Crippen LogP contribution in [0.25, 0.3) is 22.2 Å². The summed E-state index contributed by atoms with van der Waals surface area (Å²) in [5.74, 6) is -3.99. The molecule has 31 heavy (non-hydrogen) atoms. The van der Waals surface area contributed by atoms with Gasteiger partial charge in [0, 0.05) is 39.0 Å². The molecule has 1 aromatic carbocycles. The van der Waals surface area contributed by atoms with Gasteiger partial charge in [-0.1, -0.05) is 12.1 Å². The van der Waals surface area contributed by atoms with Crippen LogP contribution < -0.4 is 5.32 Å². The number of ether oxygens (including phenoxy) is 2. The molecule has 0 amide bonds. The van der Waals surface area contributed by atoms with E-state index in [-0.39, 0.29) is 11.3 Å². The number of esters is 2. The van der Waals surface area contributed by atoms with Gasteiger partial charge in [-0.05, 0) is 29.3 Å². The molecule has 0 radical (unpaired) electrons. The average Bonchev–Trinajstić information content (AvgIpc) is 3.04. The van der Waals surface area contributed by atoms with E-state index in [1.165, 1.54) is 24.7 Å². The smallest absolute Gasteiger partial charge is 0.357 e. The lowest BCUT2D eigenvalue weighted by atomic mass is 10.0. The summed E-state index contributed by atoms with van der Waals surface area (Å²) in [6.45, 7) is 2.94. The fraction of sp³-hybridized carbons (Fsp3) is 0.190. The molecular formula is C21H18N4O6. The number of carbonyl (C=O) groups excluding carboxylic acids is 2. The zero-order valence-electron chi connectivity index (χ0n) is 16.9. The molecule has 158 valence electrons. The Bertz CT molecular complexity index is 1230. The number of nitrogens with one attached hydrogen (secondary N) is 1. The quantitative estimate of drug-likeness (QED) is 0.369. The molecule has 2 N–H and O–H groups in total. The number of fused-ring (bicyclic) bond motifs is 1. The van der Waals surface area contributed by atoms with Crippen LogP contribution in [0.3, 0.4) is 0 Å². The third kappa shape index (κ3) is 3.70. The van der Waals surface area contributed by atoms with Crippen LogP contribution in [0.4, 0.5) is 5.69 Å². The Morgan fingerprint density at radius 1 is 1.13 bits per heavy atom. The largest absolute Gasteiger partial charge is 0.476 e. The van der Waals surface area contributed by atoms with Crippen molar-refractivity contribution in [3.8, 4) is 11.1 Å². The highest BCUT2D eigenvalue weighted by Crippen LogP contribution is 2.31. The monoisotopic (exact) mass is 422 g/mol. The molecule has 4 rings (SSSR count). The van der Waals surface area contributed by atoms with Gasteiger partial charge in [0.1, 0.15) is 0 Å². The first kappa shape index (κ1) is 20.1. The van der Waals surface area contributed by atoms with E-state index in [2.05, 4.69) is 15.4 Å². The van der Waals surface area contributed by atoms with Crippen molar-refractivity contribution in [1.82, 2.24) is 14.8 Å². The van der Waals surface area contributed by atoms with Crippen LogP contribution in [-0.2, 0) is 26.1 Å². The topological polar surface area (TPSA) is 133 Å². The molecular weight excluding hydrogens is 404 g/mol. The van der Waals surface area contributed by atoms with Crippen molar-refractivity contribution >= 4 is 34.6 Å². The van der Waals surface area contributed by atoms with Crippen molar-refractivity contribution in [3.05, 3.63) is 54.0 Å². The standard InChI is InChI=1S/C21H18N4O6/c1-21(2)30-19(28)14(20(29)31-21)10-23-12-6-4-11(5-7-12)13-8-9-22-17-15(13)16(18(26)27)24-25(17)3/h4-10,23H,1-3H3,(H,26,27). The number of rotatable bonds is 4. The van der Waals surface area contributed by atoms with Gasteiger partial charge in [-0.15, -0.1) is 0 Å². The first-order valence-corrected chi connectivity index (χ1v) is 9.25. The van der Waals surface area contributed by atoms with E-state index in [0.717, 1.165) is 5.56 Å². The summed E-state index contributed by atoms with van der Waals surface area (Å²) in [4.78, 5) is 39.8. The third-order valence-electron chi connectivity index (χ3n) is 4.62. The number of aromatic nitrogens is 3. The van der Waals surface area contributed by atoms with Crippen molar-refractivity contribution in [1.29, 1.82) is 0 Å². The second-order valence-corrected chi connectivity index (χ2v) is 7.29. The number of anilines is 1. The van der Waals surface area contributed by atoms with Crippen molar-refractivity contribution in [2.45, 2.75) is 19.6 Å². The highest BCUT2D eigenvalue weighted by atomic mass is 16.7. The Hall–Kier alpha value is -4.21. The summed E-state index contributed by atoms with van der Waals surface area (Å²) in [5, 5.41) is 16.8. The van der Waals surface area contributed by atoms with Gasteiger partial charge in [0.25, 0.3) is 5.79 Å². The summed E-state index contributed by atoms with van der Waals surface area (Å²) in [5.41, 5.74) is 2.14. The first-order chi connectivity index (χ1) is 14.7. The Morgan fingerprint density at radius 3 is 2.39 bits per heavy atom. The van der Waals surface area contributed by atoms with Gasteiger partial charge in [0.15, 0.2) is 16.9 Å². The number of pyridine rings is 1. The summed E-state index contributed by atoms with van der Waals surface area (Å²) >= 11 is 0. The molecule has 0 unspecified atom stereocenters. The molecule has 1 aliphatic rings. The fourth-order valence-electron chi connectivity index (χ4n) is 3.25. The van der Waals surface area contributed by atoms with Crippen molar-refractivity contribution in [2.24, 2.45) is 7.05 Å². The number of aryl methyl sites for hydroxylation is 1. The third-order valence-corrected chi connectivity index (χ3v) is 4.62. The Balaban J connectivity index is 1.62. The molecule has 0 bridgehead atoms. The maximum Gasteiger partial charge on any atom is 0.357 e. The molecule has 1 aliphatic heterocycles. The number of hydrogen-bond acceptors (Lipinski definition) is 8. The van der Waals surface area contributed by atoms with E-state index in [1.54, 1.807) is 43.6 Å². The molecule has 0 saturated carbocycles. The number of nitrogens with zero attached hydrogens (tertiary/aromatic N) is 3. The van der Waals surface area contributed by atoms with Gasteiger partial charge >= 0.3 is 17.9 Å². The second-order valence-electron chi connectivity index (χ2n) is 7.29. The van der Waals surface area contributed by atoms with Crippen LogP contribution in [0, 0.1) is 0 Å². The lowest BCUT2D eigenvalue weighted by molar-refractivity contribution is -0.222. The predicted octanol–water partition coefficient (Wildman–Crippen LogP) is 2.47. The lowest BCUT2D eigenvalue weighted by Crippen LogP contribution is -2.42. The SMILES string of the molecule is Cn1nc(C(=O)O)c2c(-c3ccc(NC=C4C(=O)OC(C)(C)OC4=O)cc3)ccnc21. The number of carboxylic acid groups (broad SMARTS) is 1. The van der Waals surface area contributed by atoms with Gasteiger partial charge in [0.05, 0.1) is 5.39 Å². The summed E-state index contributed by atoms with van der Waals surface area (Å²) in [6, 6.07) is 8.71. The van der Waals surface area contributed by atoms with E-state index in [0.29, 0.717) is 22.3 Å². The number of hydrogen-bond donors (Lipinski definition) is 2. The van der Waals surface area contributed by atoms with Crippen molar-refractivity contribution < 1.29 is 29.0 Å². The molecule has 0 aliphatic carbocycles. The van der Waals surface area contributed by atoms with E-state index in [4.69, 9.17) is 9.47 Å². The van der Waals surface area contributed by atoms with Crippen molar-refractivity contribution in [3.63, 3.8) is 0 Å².